The molecule has 0 saturated heterocycles. The summed E-state index contributed by atoms with van der Waals surface area (Å²) in [5.74, 6) is 0.370. The zero-order valence-corrected chi connectivity index (χ0v) is 10.5. The molecule has 88 valence electrons. The predicted octanol–water partition coefficient (Wildman–Crippen LogP) is 2.96. The summed E-state index contributed by atoms with van der Waals surface area (Å²) in [7, 11) is 0. The van der Waals surface area contributed by atoms with Crippen LogP contribution in [0.2, 0.25) is 0 Å². The lowest BCUT2D eigenvalue weighted by Crippen LogP contribution is -2.15. The minimum Gasteiger partial charge on any atom is -0.489 e. The first kappa shape index (κ1) is 12.8. The molecule has 1 rings (SSSR count). The number of hydrogen-bond donors (Lipinski definition) is 1. The first-order chi connectivity index (χ1) is 7.52. The number of halogens is 1. The van der Waals surface area contributed by atoms with Gasteiger partial charge in [-0.05, 0) is 38.5 Å². The quantitative estimate of drug-likeness (QED) is 0.823. The van der Waals surface area contributed by atoms with E-state index in [9.17, 15) is 4.79 Å². The van der Waals surface area contributed by atoms with Crippen LogP contribution in [0.25, 0.3) is 0 Å². The second-order valence-electron chi connectivity index (χ2n) is 3.85. The first-order valence-corrected chi connectivity index (χ1v) is 5.69. The molecule has 1 aromatic rings. The Bertz CT molecular complexity index is 377. The topological polar surface area (TPSA) is 38.3 Å². The van der Waals surface area contributed by atoms with E-state index in [1.165, 1.54) is 0 Å². The number of carbonyl (C=O) groups is 1. The van der Waals surface area contributed by atoms with Gasteiger partial charge in [-0.1, -0.05) is 6.07 Å². The van der Waals surface area contributed by atoms with E-state index in [-0.39, 0.29) is 17.9 Å². The fourth-order valence-electron chi connectivity index (χ4n) is 1.28. The minimum atomic E-state index is -0.235. The molecule has 1 aromatic carbocycles. The van der Waals surface area contributed by atoms with Gasteiger partial charge in [0.25, 0.3) is 0 Å². The van der Waals surface area contributed by atoms with Gasteiger partial charge in [-0.15, -0.1) is 11.6 Å². The van der Waals surface area contributed by atoms with Gasteiger partial charge in [0.05, 0.1) is 11.8 Å². The minimum absolute atomic E-state index is 0.0605. The number of hydrogen-bond acceptors (Lipinski definition) is 2. The van der Waals surface area contributed by atoms with Crippen LogP contribution in [0.5, 0.6) is 5.75 Å². The van der Waals surface area contributed by atoms with Gasteiger partial charge in [0.15, 0.2) is 0 Å². The number of benzene rings is 1. The van der Waals surface area contributed by atoms with Crippen LogP contribution in [0.15, 0.2) is 18.2 Å². The summed E-state index contributed by atoms with van der Waals surface area (Å²) in [6.45, 7) is 5.83. The molecule has 0 aliphatic carbocycles. The fourth-order valence-corrected chi connectivity index (χ4v) is 1.35. The molecule has 0 bridgehead atoms. The summed E-state index contributed by atoms with van der Waals surface area (Å²) < 4.78 is 5.59. The number of alkyl halides is 1. The Morgan fingerprint density at radius 2 is 2.19 bits per heavy atom. The maximum Gasteiger partial charge on any atom is 0.239 e. The second kappa shape index (κ2) is 5.75. The van der Waals surface area contributed by atoms with Crippen LogP contribution < -0.4 is 10.1 Å². The van der Waals surface area contributed by atoms with Crippen LogP contribution in [0.4, 0.5) is 5.69 Å². The van der Waals surface area contributed by atoms with Crippen LogP contribution in [-0.2, 0) is 4.79 Å². The average molecular weight is 242 g/mol. The third kappa shape index (κ3) is 3.74. The molecule has 0 unspecified atom stereocenters. The molecule has 0 saturated carbocycles. The number of anilines is 1. The highest BCUT2D eigenvalue weighted by Gasteiger charge is 2.08. The number of rotatable bonds is 4. The Hall–Kier alpha value is -1.22. The third-order valence-electron chi connectivity index (χ3n) is 1.89. The van der Waals surface area contributed by atoms with Gasteiger partial charge in [0, 0.05) is 0 Å². The molecule has 16 heavy (non-hydrogen) atoms. The van der Waals surface area contributed by atoms with Crippen molar-refractivity contribution in [2.45, 2.75) is 26.9 Å². The Morgan fingerprint density at radius 1 is 1.50 bits per heavy atom. The number of aryl methyl sites for hydroxylation is 1. The molecule has 0 radical (unpaired) electrons. The van der Waals surface area contributed by atoms with E-state index in [4.69, 9.17) is 16.3 Å². The van der Waals surface area contributed by atoms with Crippen molar-refractivity contribution in [2.75, 3.05) is 11.2 Å². The van der Waals surface area contributed by atoms with Crippen LogP contribution in [-0.4, -0.2) is 17.9 Å². The van der Waals surface area contributed by atoms with Crippen molar-refractivity contribution < 1.29 is 9.53 Å². The SMILES string of the molecule is Cc1ccc(OC(C)C)c(NC(=O)CCl)c1. The zero-order valence-electron chi connectivity index (χ0n) is 9.71. The second-order valence-corrected chi connectivity index (χ2v) is 4.12. The lowest BCUT2D eigenvalue weighted by molar-refractivity contribution is -0.113. The summed E-state index contributed by atoms with van der Waals surface area (Å²) in [5.41, 5.74) is 1.72. The van der Waals surface area contributed by atoms with E-state index in [2.05, 4.69) is 5.32 Å². The fraction of sp³-hybridized carbons (Fsp3) is 0.417. The normalized spacial score (nSPS) is 10.3. The summed E-state index contributed by atoms with van der Waals surface area (Å²) >= 11 is 5.45. The van der Waals surface area contributed by atoms with Crippen LogP contribution >= 0.6 is 11.6 Å². The molecule has 0 spiro atoms. The molecule has 0 aliphatic rings. The predicted molar refractivity (Wildman–Crippen MR) is 66.3 cm³/mol. The van der Waals surface area contributed by atoms with Gasteiger partial charge in [0.2, 0.25) is 5.91 Å². The van der Waals surface area contributed by atoms with Crippen molar-refractivity contribution in [3.8, 4) is 5.75 Å². The lowest BCUT2D eigenvalue weighted by Gasteiger charge is -2.15. The molecule has 4 heteroatoms. The largest absolute Gasteiger partial charge is 0.489 e. The van der Waals surface area contributed by atoms with Crippen LogP contribution in [0.1, 0.15) is 19.4 Å². The van der Waals surface area contributed by atoms with E-state index in [0.29, 0.717) is 11.4 Å². The Morgan fingerprint density at radius 3 is 2.75 bits per heavy atom. The number of nitrogens with one attached hydrogen (secondary N) is 1. The van der Waals surface area contributed by atoms with E-state index in [1.807, 2.05) is 39.0 Å². The average Bonchev–Trinajstić information content (AvgIpc) is 2.21. The summed E-state index contributed by atoms with van der Waals surface area (Å²) in [5, 5.41) is 2.71. The van der Waals surface area contributed by atoms with Gasteiger partial charge >= 0.3 is 0 Å². The van der Waals surface area contributed by atoms with Gasteiger partial charge in [0.1, 0.15) is 11.6 Å². The molecule has 0 atom stereocenters. The van der Waals surface area contributed by atoms with Crippen molar-refractivity contribution in [1.29, 1.82) is 0 Å². The monoisotopic (exact) mass is 241 g/mol. The molecular formula is C12H16ClNO2. The molecular weight excluding hydrogens is 226 g/mol. The van der Waals surface area contributed by atoms with Crippen molar-refractivity contribution in [2.24, 2.45) is 0 Å². The first-order valence-electron chi connectivity index (χ1n) is 5.16. The molecule has 1 amide bonds. The summed E-state index contributed by atoms with van der Waals surface area (Å²) in [6, 6.07) is 5.65. The van der Waals surface area contributed by atoms with Crippen molar-refractivity contribution in [1.82, 2.24) is 0 Å². The van der Waals surface area contributed by atoms with Gasteiger partial charge in [-0.25, -0.2) is 0 Å². The highest BCUT2D eigenvalue weighted by atomic mass is 35.5. The molecule has 0 aromatic heterocycles. The molecule has 1 N–H and O–H groups in total. The number of amides is 1. The van der Waals surface area contributed by atoms with Crippen molar-refractivity contribution in [3.05, 3.63) is 23.8 Å². The van der Waals surface area contributed by atoms with Crippen molar-refractivity contribution >= 4 is 23.2 Å². The molecule has 0 fully saturated rings. The molecule has 3 nitrogen and oxygen atoms in total. The number of ether oxygens (including phenoxy) is 1. The van der Waals surface area contributed by atoms with Crippen LogP contribution in [0, 0.1) is 6.92 Å². The smallest absolute Gasteiger partial charge is 0.239 e. The Balaban J connectivity index is 2.93. The lowest BCUT2D eigenvalue weighted by atomic mass is 10.2. The van der Waals surface area contributed by atoms with Crippen LogP contribution in [0.3, 0.4) is 0 Å². The Kier molecular flexibility index (Phi) is 4.62. The van der Waals surface area contributed by atoms with Gasteiger partial charge in [-0.3, -0.25) is 4.79 Å². The van der Waals surface area contributed by atoms with E-state index >= 15 is 0 Å². The molecule has 0 aliphatic heterocycles. The number of carbonyl (C=O) groups excluding carboxylic acids is 1. The highest BCUT2D eigenvalue weighted by molar-refractivity contribution is 6.29. The van der Waals surface area contributed by atoms with Crippen molar-refractivity contribution in [3.63, 3.8) is 0 Å². The third-order valence-corrected chi connectivity index (χ3v) is 2.14. The summed E-state index contributed by atoms with van der Waals surface area (Å²) in [4.78, 5) is 11.2. The zero-order chi connectivity index (χ0) is 12.1. The molecule has 0 heterocycles. The highest BCUT2D eigenvalue weighted by Crippen LogP contribution is 2.26. The van der Waals surface area contributed by atoms with Gasteiger partial charge < -0.3 is 10.1 Å². The maximum atomic E-state index is 11.2. The van der Waals surface area contributed by atoms with Gasteiger partial charge in [-0.2, -0.15) is 0 Å². The summed E-state index contributed by atoms with van der Waals surface area (Å²) in [6.07, 6.45) is 0.0642. The van der Waals surface area contributed by atoms with E-state index < -0.39 is 0 Å². The standard InChI is InChI=1S/C12H16ClNO2/c1-8(2)16-11-5-4-9(3)6-10(11)14-12(15)7-13/h4-6,8H,7H2,1-3H3,(H,14,15). The Labute approximate surface area is 101 Å². The maximum absolute atomic E-state index is 11.2. The van der Waals surface area contributed by atoms with E-state index in [1.54, 1.807) is 0 Å². The van der Waals surface area contributed by atoms with E-state index in [0.717, 1.165) is 5.56 Å².